The molecule has 14 heavy (non-hydrogen) atoms. The number of hydrogen-bond donors (Lipinski definition) is 2. The molecule has 1 aromatic carbocycles. The third-order valence-corrected chi connectivity index (χ3v) is 1.98. The van der Waals surface area contributed by atoms with Crippen molar-refractivity contribution < 1.29 is 15.0 Å². The topological polar surface area (TPSA) is 70.4 Å². The van der Waals surface area contributed by atoms with Gasteiger partial charge in [0.25, 0.3) is 0 Å². The first kappa shape index (κ1) is 8.50. The lowest BCUT2D eigenvalue weighted by molar-refractivity contribution is 0.0699. The number of hydrogen-bond acceptors (Lipinski definition) is 3. The minimum atomic E-state index is -1.05. The second kappa shape index (κ2) is 2.99. The van der Waals surface area contributed by atoms with Crippen LogP contribution in [0.1, 0.15) is 10.4 Å². The molecule has 0 radical (unpaired) electrons. The van der Waals surface area contributed by atoms with Crippen molar-refractivity contribution >= 4 is 16.9 Å². The average molecular weight is 189 g/mol. The first-order valence-electron chi connectivity index (χ1n) is 4.00. The smallest absolute Gasteiger partial charge is 0.337 e. The van der Waals surface area contributed by atoms with Crippen molar-refractivity contribution in [3.63, 3.8) is 0 Å². The van der Waals surface area contributed by atoms with Gasteiger partial charge in [0, 0.05) is 11.6 Å². The summed E-state index contributed by atoms with van der Waals surface area (Å²) in [5.41, 5.74) is 0.401. The van der Waals surface area contributed by atoms with Crippen molar-refractivity contribution in [1.29, 1.82) is 0 Å². The molecule has 0 atom stereocenters. The molecule has 0 saturated heterocycles. The van der Waals surface area contributed by atoms with Crippen LogP contribution in [-0.2, 0) is 0 Å². The number of benzene rings is 1. The van der Waals surface area contributed by atoms with E-state index in [1.165, 1.54) is 18.3 Å². The molecule has 1 heterocycles. The minimum Gasteiger partial charge on any atom is -0.507 e. The number of carbonyl (C=O) groups is 1. The summed E-state index contributed by atoms with van der Waals surface area (Å²) >= 11 is 0. The number of nitrogens with zero attached hydrogens (tertiary/aromatic N) is 1. The molecule has 0 amide bonds. The van der Waals surface area contributed by atoms with E-state index in [9.17, 15) is 9.90 Å². The van der Waals surface area contributed by atoms with Crippen LogP contribution < -0.4 is 0 Å². The molecule has 2 rings (SSSR count). The van der Waals surface area contributed by atoms with Gasteiger partial charge in [0.05, 0.1) is 11.1 Å². The lowest BCUT2D eigenvalue weighted by atomic mass is 10.1. The van der Waals surface area contributed by atoms with Gasteiger partial charge >= 0.3 is 5.97 Å². The van der Waals surface area contributed by atoms with Gasteiger partial charge in [-0.15, -0.1) is 0 Å². The van der Waals surface area contributed by atoms with Gasteiger partial charge in [-0.05, 0) is 18.2 Å². The second-order valence-electron chi connectivity index (χ2n) is 2.84. The fraction of sp³-hybridized carbons (Fsp3) is 0. The van der Waals surface area contributed by atoms with Crippen molar-refractivity contribution in [3.05, 3.63) is 36.0 Å². The van der Waals surface area contributed by atoms with Crippen molar-refractivity contribution in [2.75, 3.05) is 0 Å². The molecular formula is C10H7NO3. The monoisotopic (exact) mass is 189 g/mol. The molecule has 2 N–H and O–H groups in total. The van der Waals surface area contributed by atoms with E-state index < -0.39 is 5.97 Å². The molecule has 1 aromatic heterocycles. The first-order chi connectivity index (χ1) is 6.70. The van der Waals surface area contributed by atoms with E-state index in [1.54, 1.807) is 12.1 Å². The summed E-state index contributed by atoms with van der Waals surface area (Å²) in [6.07, 6.45) is 1.38. The van der Waals surface area contributed by atoms with Crippen molar-refractivity contribution in [2.45, 2.75) is 0 Å². The molecule has 0 unspecified atom stereocenters. The fourth-order valence-corrected chi connectivity index (χ4v) is 1.33. The van der Waals surface area contributed by atoms with Gasteiger partial charge in [-0.2, -0.15) is 0 Å². The van der Waals surface area contributed by atoms with E-state index >= 15 is 0 Å². The highest BCUT2D eigenvalue weighted by molar-refractivity contribution is 6.03. The highest BCUT2D eigenvalue weighted by atomic mass is 16.4. The Bertz CT molecular complexity index is 508. The molecule has 0 aliphatic heterocycles. The Hall–Kier alpha value is -2.10. The normalized spacial score (nSPS) is 10.3. The Balaban J connectivity index is 2.88. The van der Waals surface area contributed by atoms with Gasteiger partial charge in [0.2, 0.25) is 0 Å². The minimum absolute atomic E-state index is 0.0399. The second-order valence-corrected chi connectivity index (χ2v) is 2.84. The van der Waals surface area contributed by atoms with Crippen LogP contribution in [0.3, 0.4) is 0 Å². The van der Waals surface area contributed by atoms with Gasteiger partial charge in [-0.1, -0.05) is 6.07 Å². The molecule has 2 aromatic rings. The van der Waals surface area contributed by atoms with E-state index in [-0.39, 0.29) is 11.3 Å². The predicted molar refractivity (Wildman–Crippen MR) is 50.4 cm³/mol. The maximum atomic E-state index is 10.8. The molecule has 0 aliphatic rings. The van der Waals surface area contributed by atoms with Crippen LogP contribution >= 0.6 is 0 Å². The van der Waals surface area contributed by atoms with Crippen molar-refractivity contribution in [2.24, 2.45) is 0 Å². The summed E-state index contributed by atoms with van der Waals surface area (Å²) in [4.78, 5) is 14.7. The lowest BCUT2D eigenvalue weighted by Gasteiger charge is -2.02. The summed E-state index contributed by atoms with van der Waals surface area (Å²) in [5, 5.41) is 18.7. The maximum absolute atomic E-state index is 10.8. The number of fused-ring (bicyclic) bond motifs is 1. The predicted octanol–water partition coefficient (Wildman–Crippen LogP) is 1.64. The zero-order valence-corrected chi connectivity index (χ0v) is 7.14. The molecule has 4 heteroatoms. The Kier molecular flexibility index (Phi) is 1.81. The number of pyridine rings is 1. The fourth-order valence-electron chi connectivity index (χ4n) is 1.33. The quantitative estimate of drug-likeness (QED) is 0.715. The van der Waals surface area contributed by atoms with E-state index in [1.807, 2.05) is 0 Å². The summed E-state index contributed by atoms with van der Waals surface area (Å²) in [6.45, 7) is 0. The highest BCUT2D eigenvalue weighted by Gasteiger charge is 2.10. The number of aromatic nitrogens is 1. The van der Waals surface area contributed by atoms with E-state index in [0.29, 0.717) is 10.9 Å². The number of carboxylic acid groups (broad SMARTS) is 1. The van der Waals surface area contributed by atoms with Gasteiger partial charge in [-0.3, -0.25) is 4.98 Å². The summed E-state index contributed by atoms with van der Waals surface area (Å²) in [6, 6.07) is 6.09. The van der Waals surface area contributed by atoms with Crippen LogP contribution in [0.5, 0.6) is 5.75 Å². The third-order valence-electron chi connectivity index (χ3n) is 1.98. The number of aromatic carboxylic acids is 1. The molecule has 0 saturated carbocycles. The van der Waals surface area contributed by atoms with E-state index in [4.69, 9.17) is 5.11 Å². The van der Waals surface area contributed by atoms with Crippen molar-refractivity contribution in [1.82, 2.24) is 4.98 Å². The first-order valence-corrected chi connectivity index (χ1v) is 4.00. The van der Waals surface area contributed by atoms with Crippen LogP contribution in [-0.4, -0.2) is 21.2 Å². The molecular weight excluding hydrogens is 182 g/mol. The standard InChI is InChI=1S/C10H7NO3/c12-8-4-5-11-9-6(8)2-1-3-7(9)10(13)14/h1-5H,(H,11,12)(H,13,14). The SMILES string of the molecule is O=C(O)c1cccc2c(O)ccnc12. The molecule has 0 spiro atoms. The zero-order chi connectivity index (χ0) is 10.1. The Morgan fingerprint density at radius 1 is 1.29 bits per heavy atom. The largest absolute Gasteiger partial charge is 0.507 e. The van der Waals surface area contributed by atoms with Gasteiger partial charge in [0.15, 0.2) is 0 Å². The number of para-hydroxylation sites is 1. The zero-order valence-electron chi connectivity index (χ0n) is 7.14. The van der Waals surface area contributed by atoms with Crippen LogP contribution in [0.15, 0.2) is 30.5 Å². The molecule has 0 aliphatic carbocycles. The maximum Gasteiger partial charge on any atom is 0.337 e. The summed E-state index contributed by atoms with van der Waals surface area (Å²) in [5.74, 6) is -1.01. The van der Waals surface area contributed by atoms with Crippen LogP contribution in [0.2, 0.25) is 0 Å². The molecule has 0 fully saturated rings. The van der Waals surface area contributed by atoms with Crippen LogP contribution in [0.25, 0.3) is 10.9 Å². The molecule has 0 bridgehead atoms. The van der Waals surface area contributed by atoms with Gasteiger partial charge in [0.1, 0.15) is 5.75 Å². The van der Waals surface area contributed by atoms with Crippen LogP contribution in [0, 0.1) is 0 Å². The lowest BCUT2D eigenvalue weighted by Crippen LogP contribution is -1.98. The summed E-state index contributed by atoms with van der Waals surface area (Å²) < 4.78 is 0. The third kappa shape index (κ3) is 1.17. The van der Waals surface area contributed by atoms with E-state index in [0.717, 1.165) is 0 Å². The number of rotatable bonds is 1. The van der Waals surface area contributed by atoms with E-state index in [2.05, 4.69) is 4.98 Å². The Morgan fingerprint density at radius 2 is 2.07 bits per heavy atom. The van der Waals surface area contributed by atoms with Gasteiger partial charge in [-0.25, -0.2) is 4.79 Å². The summed E-state index contributed by atoms with van der Waals surface area (Å²) in [7, 11) is 0. The molecule has 70 valence electrons. The Morgan fingerprint density at radius 3 is 2.79 bits per heavy atom. The highest BCUT2D eigenvalue weighted by Crippen LogP contribution is 2.24. The van der Waals surface area contributed by atoms with Crippen LogP contribution in [0.4, 0.5) is 0 Å². The number of carboxylic acids is 1. The van der Waals surface area contributed by atoms with Crippen molar-refractivity contribution in [3.8, 4) is 5.75 Å². The average Bonchev–Trinajstić information content (AvgIpc) is 2.17. The van der Waals surface area contributed by atoms with Gasteiger partial charge < -0.3 is 10.2 Å². The number of aromatic hydroxyl groups is 1. The Labute approximate surface area is 79.4 Å². The molecule has 4 nitrogen and oxygen atoms in total.